The van der Waals surface area contributed by atoms with E-state index in [1.807, 2.05) is 6.92 Å². The van der Waals surface area contributed by atoms with Gasteiger partial charge < -0.3 is 25.0 Å². The summed E-state index contributed by atoms with van der Waals surface area (Å²) in [6.07, 6.45) is -2.93. The Balaban J connectivity index is 2.84. The molecule has 1 unspecified atom stereocenters. The first-order valence-corrected chi connectivity index (χ1v) is 7.54. The number of aryl methyl sites for hydroxylation is 1. The quantitative estimate of drug-likeness (QED) is 0.366. The highest BCUT2D eigenvalue weighted by atomic mass is 19.4. The monoisotopic (exact) mass is 351 g/mol. The summed E-state index contributed by atoms with van der Waals surface area (Å²) in [5.41, 5.74) is -3.06. The number of halogens is 3. The van der Waals surface area contributed by atoms with Crippen molar-refractivity contribution in [3.63, 3.8) is 0 Å². The van der Waals surface area contributed by atoms with E-state index >= 15 is 0 Å². The van der Waals surface area contributed by atoms with Crippen LogP contribution >= 0.6 is 0 Å². The minimum absolute atomic E-state index is 0.231. The number of alkyl halides is 3. The number of imidazole rings is 1. The number of aliphatic imine (C=N–C) groups is 1. The molecule has 0 saturated heterocycles. The van der Waals surface area contributed by atoms with Crippen LogP contribution in [-0.2, 0) is 17.4 Å². The number of ether oxygens (including phenoxy) is 1. The molecule has 0 radical (unpaired) electrons. The van der Waals surface area contributed by atoms with Crippen molar-refractivity contribution >= 4 is 5.96 Å². The smallest absolute Gasteiger partial charge is 0.383 e. The Morgan fingerprint density at radius 3 is 2.62 bits per heavy atom. The number of hydrogen-bond acceptors (Lipinski definition) is 4. The zero-order valence-corrected chi connectivity index (χ0v) is 14.0. The standard InChI is InChI=1S/C14H24F3N5O2/c1-4-18-12(21-8-10-24-3)20-6-5-13(23,14(15,16)17)11-19-7-9-22(11)2/h7,9,23H,4-6,8,10H2,1-3H3,(H2,18,20,21). The van der Waals surface area contributed by atoms with Crippen LogP contribution < -0.4 is 10.6 Å². The summed E-state index contributed by atoms with van der Waals surface area (Å²) < 4.78 is 46.1. The lowest BCUT2D eigenvalue weighted by Gasteiger charge is -2.29. The fourth-order valence-corrected chi connectivity index (χ4v) is 2.09. The Hall–Kier alpha value is -1.81. The van der Waals surface area contributed by atoms with Crippen LogP contribution in [0.4, 0.5) is 13.2 Å². The van der Waals surface area contributed by atoms with Crippen LogP contribution in [0.3, 0.4) is 0 Å². The van der Waals surface area contributed by atoms with Gasteiger partial charge in [-0.3, -0.25) is 4.99 Å². The highest BCUT2D eigenvalue weighted by Crippen LogP contribution is 2.40. The van der Waals surface area contributed by atoms with E-state index in [1.165, 1.54) is 19.4 Å². The normalized spacial score (nSPS) is 15.2. The topological polar surface area (TPSA) is 83.7 Å². The van der Waals surface area contributed by atoms with Gasteiger partial charge in [0.05, 0.1) is 6.61 Å². The zero-order chi connectivity index (χ0) is 18.2. The van der Waals surface area contributed by atoms with E-state index in [0.29, 0.717) is 25.7 Å². The van der Waals surface area contributed by atoms with Gasteiger partial charge in [0.2, 0.25) is 5.60 Å². The van der Waals surface area contributed by atoms with Crippen LogP contribution in [0.2, 0.25) is 0 Å². The fourth-order valence-electron chi connectivity index (χ4n) is 2.09. The van der Waals surface area contributed by atoms with Gasteiger partial charge in [-0.05, 0) is 6.92 Å². The van der Waals surface area contributed by atoms with E-state index < -0.39 is 24.0 Å². The third-order valence-corrected chi connectivity index (χ3v) is 3.35. The molecular weight excluding hydrogens is 327 g/mol. The van der Waals surface area contributed by atoms with Gasteiger partial charge in [-0.25, -0.2) is 4.98 Å². The molecule has 0 saturated carbocycles. The molecule has 24 heavy (non-hydrogen) atoms. The van der Waals surface area contributed by atoms with Crippen molar-refractivity contribution in [2.45, 2.75) is 25.1 Å². The van der Waals surface area contributed by atoms with E-state index in [2.05, 4.69) is 20.6 Å². The van der Waals surface area contributed by atoms with E-state index in [9.17, 15) is 18.3 Å². The average molecular weight is 351 g/mol. The number of methoxy groups -OCH3 is 1. The van der Waals surface area contributed by atoms with Crippen LogP contribution in [0.15, 0.2) is 17.4 Å². The predicted octanol–water partition coefficient (Wildman–Crippen LogP) is 0.762. The number of rotatable bonds is 8. The van der Waals surface area contributed by atoms with Gasteiger partial charge in [-0.2, -0.15) is 13.2 Å². The summed E-state index contributed by atoms with van der Waals surface area (Å²) in [5.74, 6) is -0.0959. The molecule has 10 heteroatoms. The maximum absolute atomic E-state index is 13.4. The second kappa shape index (κ2) is 8.88. The molecule has 0 aliphatic rings. The van der Waals surface area contributed by atoms with Gasteiger partial charge >= 0.3 is 6.18 Å². The van der Waals surface area contributed by atoms with Crippen molar-refractivity contribution in [1.29, 1.82) is 0 Å². The van der Waals surface area contributed by atoms with Gasteiger partial charge in [0.15, 0.2) is 5.96 Å². The molecule has 1 aromatic heterocycles. The van der Waals surface area contributed by atoms with E-state index in [4.69, 9.17) is 4.74 Å². The van der Waals surface area contributed by atoms with Crippen molar-refractivity contribution in [3.05, 3.63) is 18.2 Å². The Labute approximate surface area is 138 Å². The number of nitrogens with one attached hydrogen (secondary N) is 2. The molecule has 0 fully saturated rings. The highest BCUT2D eigenvalue weighted by Gasteiger charge is 2.57. The van der Waals surface area contributed by atoms with Crippen LogP contribution in [0, 0.1) is 0 Å². The number of aromatic nitrogens is 2. The predicted molar refractivity (Wildman–Crippen MR) is 83.6 cm³/mol. The molecule has 1 aromatic rings. The summed E-state index contributed by atoms with van der Waals surface area (Å²) in [7, 11) is 2.95. The Bertz CT molecular complexity index is 533. The first-order chi connectivity index (χ1) is 11.3. The van der Waals surface area contributed by atoms with E-state index in [1.54, 1.807) is 7.11 Å². The molecule has 0 aliphatic heterocycles. The lowest BCUT2D eigenvalue weighted by Crippen LogP contribution is -2.45. The second-order valence-electron chi connectivity index (χ2n) is 5.15. The highest BCUT2D eigenvalue weighted by molar-refractivity contribution is 5.79. The van der Waals surface area contributed by atoms with Gasteiger partial charge in [0.1, 0.15) is 5.82 Å². The van der Waals surface area contributed by atoms with Crippen molar-refractivity contribution in [2.24, 2.45) is 12.0 Å². The Morgan fingerprint density at radius 1 is 1.42 bits per heavy atom. The zero-order valence-electron chi connectivity index (χ0n) is 14.0. The molecule has 0 aromatic carbocycles. The van der Waals surface area contributed by atoms with Crippen molar-refractivity contribution < 1.29 is 23.0 Å². The summed E-state index contributed by atoms with van der Waals surface area (Å²) >= 11 is 0. The number of aliphatic hydroxyl groups is 1. The van der Waals surface area contributed by atoms with Crippen LogP contribution in [0.1, 0.15) is 19.2 Å². The Kier molecular flexibility index (Phi) is 7.49. The van der Waals surface area contributed by atoms with Gasteiger partial charge in [-0.15, -0.1) is 0 Å². The van der Waals surface area contributed by atoms with Crippen molar-refractivity contribution in [2.75, 3.05) is 33.4 Å². The van der Waals surface area contributed by atoms with Gasteiger partial charge in [0, 0.05) is 52.6 Å². The van der Waals surface area contributed by atoms with Gasteiger partial charge in [-0.1, -0.05) is 0 Å². The van der Waals surface area contributed by atoms with Crippen LogP contribution in [-0.4, -0.2) is 60.1 Å². The minimum Gasteiger partial charge on any atom is -0.383 e. The minimum atomic E-state index is -4.86. The van der Waals surface area contributed by atoms with Crippen molar-refractivity contribution in [3.8, 4) is 0 Å². The number of nitrogens with zero attached hydrogens (tertiary/aromatic N) is 3. The molecule has 0 amide bonds. The molecule has 138 valence electrons. The third kappa shape index (κ3) is 5.10. The first-order valence-electron chi connectivity index (χ1n) is 7.54. The molecule has 0 aliphatic carbocycles. The van der Waals surface area contributed by atoms with Crippen LogP contribution in [0.5, 0.6) is 0 Å². The Morgan fingerprint density at radius 2 is 2.12 bits per heavy atom. The maximum Gasteiger partial charge on any atom is 0.424 e. The molecule has 0 spiro atoms. The van der Waals surface area contributed by atoms with E-state index in [0.717, 1.165) is 4.57 Å². The average Bonchev–Trinajstić information content (AvgIpc) is 2.92. The number of guanidine groups is 1. The summed E-state index contributed by atoms with van der Waals surface area (Å²) in [5, 5.41) is 16.0. The molecule has 1 rings (SSSR count). The molecule has 1 heterocycles. The van der Waals surface area contributed by atoms with Crippen molar-refractivity contribution in [1.82, 2.24) is 20.2 Å². The summed E-state index contributed by atoms with van der Waals surface area (Å²) in [4.78, 5) is 7.71. The van der Waals surface area contributed by atoms with E-state index in [-0.39, 0.29) is 6.54 Å². The summed E-state index contributed by atoms with van der Waals surface area (Å²) in [6, 6.07) is 0. The molecule has 0 bridgehead atoms. The lowest BCUT2D eigenvalue weighted by atomic mass is 9.98. The largest absolute Gasteiger partial charge is 0.424 e. The first kappa shape index (κ1) is 20.2. The maximum atomic E-state index is 13.4. The molecule has 7 nitrogen and oxygen atoms in total. The SMILES string of the molecule is CCNC(=NCCC(O)(c1nccn1C)C(F)(F)F)NCCOC. The molecule has 3 N–H and O–H groups in total. The summed E-state index contributed by atoms with van der Waals surface area (Å²) in [6.45, 7) is 3.07. The number of hydrogen-bond donors (Lipinski definition) is 3. The molecule has 1 atom stereocenters. The fraction of sp³-hybridized carbons (Fsp3) is 0.714. The van der Waals surface area contributed by atoms with Gasteiger partial charge in [0.25, 0.3) is 0 Å². The van der Waals surface area contributed by atoms with Crippen LogP contribution in [0.25, 0.3) is 0 Å². The lowest BCUT2D eigenvalue weighted by molar-refractivity contribution is -0.272. The third-order valence-electron chi connectivity index (χ3n) is 3.35. The second-order valence-corrected chi connectivity index (χ2v) is 5.15. The molecular formula is C14H24F3N5O2.